The van der Waals surface area contributed by atoms with Gasteiger partial charge in [0.1, 0.15) is 19.3 Å². The summed E-state index contributed by atoms with van der Waals surface area (Å²) in [5.41, 5.74) is 2.93. The Morgan fingerprint density at radius 3 is 2.33 bits per heavy atom. The van der Waals surface area contributed by atoms with E-state index in [1.807, 2.05) is 54.6 Å². The molecule has 3 amide bonds. The van der Waals surface area contributed by atoms with Crippen molar-refractivity contribution in [3.63, 3.8) is 0 Å². The number of nitrogens with zero attached hydrogens (tertiary/aromatic N) is 1. The van der Waals surface area contributed by atoms with Gasteiger partial charge in [0.15, 0.2) is 0 Å². The highest BCUT2D eigenvalue weighted by molar-refractivity contribution is 5.86. The van der Waals surface area contributed by atoms with Crippen molar-refractivity contribution in [3.05, 3.63) is 96.6 Å². The maximum Gasteiger partial charge on any atom is 0.408 e. The number of alkyl carbamates (subject to hydrolysis) is 1. The van der Waals surface area contributed by atoms with Gasteiger partial charge in [-0.2, -0.15) is 0 Å². The van der Waals surface area contributed by atoms with Crippen LogP contribution in [0.2, 0.25) is 0 Å². The number of rotatable bonds is 15. The molecule has 0 spiro atoms. The van der Waals surface area contributed by atoms with Crippen LogP contribution in [0.5, 0.6) is 0 Å². The number of fused-ring (bicyclic) bond motifs is 1. The Morgan fingerprint density at radius 1 is 0.977 bits per heavy atom. The zero-order chi connectivity index (χ0) is 31.2. The third-order valence-electron chi connectivity index (χ3n) is 7.19. The molecule has 0 radical (unpaired) electrons. The zero-order valence-corrected chi connectivity index (χ0v) is 24.6. The van der Waals surface area contributed by atoms with E-state index < -0.39 is 30.1 Å². The second kappa shape index (κ2) is 16.9. The highest BCUT2D eigenvalue weighted by Gasteiger charge is 2.32. The fourth-order valence-corrected chi connectivity index (χ4v) is 4.85. The van der Waals surface area contributed by atoms with Crippen LogP contribution >= 0.6 is 0 Å². The lowest BCUT2D eigenvalue weighted by molar-refractivity contribution is -0.147. The molecule has 1 aliphatic rings. The van der Waals surface area contributed by atoms with Crippen molar-refractivity contribution < 1.29 is 33.8 Å². The first-order valence-corrected chi connectivity index (χ1v) is 14.4. The summed E-state index contributed by atoms with van der Waals surface area (Å²) < 4.78 is 10.6. The standard InChI is InChI=1S/C33H41N3O7/c1-4-11-26(18-30(38)36-19-27-16-10-9-15-25(27)17-28(36)20-37)31(39)34-23(3)21-42-32(40)29(12-5-2)35-33(41)43-22-24-13-7-6-8-14-24/h4-10,13-16,23,26,28-29,37H,1-2,11-12,17-22H2,3H3,(H,34,39)(H,35,41)/t23-,26+,28-,29+/m0/s1. The lowest BCUT2D eigenvalue weighted by atomic mass is 9.92. The van der Waals surface area contributed by atoms with Gasteiger partial charge < -0.3 is 30.1 Å². The van der Waals surface area contributed by atoms with Gasteiger partial charge in [-0.05, 0) is 42.9 Å². The number of hydrogen-bond acceptors (Lipinski definition) is 7. The Labute approximate surface area is 252 Å². The van der Waals surface area contributed by atoms with E-state index in [4.69, 9.17) is 9.47 Å². The van der Waals surface area contributed by atoms with Gasteiger partial charge >= 0.3 is 12.1 Å². The molecule has 1 aliphatic heterocycles. The number of aliphatic hydroxyl groups excluding tert-OH is 1. The zero-order valence-electron chi connectivity index (χ0n) is 24.6. The lowest BCUT2D eigenvalue weighted by Gasteiger charge is -2.36. The summed E-state index contributed by atoms with van der Waals surface area (Å²) in [7, 11) is 0. The van der Waals surface area contributed by atoms with Crippen LogP contribution in [0.1, 0.15) is 42.9 Å². The summed E-state index contributed by atoms with van der Waals surface area (Å²) in [4.78, 5) is 53.0. The van der Waals surface area contributed by atoms with E-state index in [1.54, 1.807) is 17.9 Å². The maximum absolute atomic E-state index is 13.3. The summed E-state index contributed by atoms with van der Waals surface area (Å²) in [5, 5.41) is 15.2. The van der Waals surface area contributed by atoms with E-state index in [0.717, 1.165) is 16.7 Å². The number of carbonyl (C=O) groups is 4. The summed E-state index contributed by atoms with van der Waals surface area (Å²) in [6.45, 7) is 9.12. The quantitative estimate of drug-likeness (QED) is 0.213. The number of nitrogens with one attached hydrogen (secondary N) is 2. The number of aliphatic hydroxyl groups is 1. The first kappa shape index (κ1) is 33.1. The van der Waals surface area contributed by atoms with Gasteiger partial charge in [-0.1, -0.05) is 66.7 Å². The molecule has 0 saturated carbocycles. The largest absolute Gasteiger partial charge is 0.462 e. The Morgan fingerprint density at radius 2 is 1.65 bits per heavy atom. The van der Waals surface area contributed by atoms with Crippen LogP contribution in [0.25, 0.3) is 0 Å². The molecule has 2 aromatic rings. The maximum atomic E-state index is 13.3. The Hall–Kier alpha value is -4.44. The molecule has 4 atom stereocenters. The molecule has 0 aromatic heterocycles. The van der Waals surface area contributed by atoms with Gasteiger partial charge in [-0.3, -0.25) is 9.59 Å². The summed E-state index contributed by atoms with van der Waals surface area (Å²) in [6, 6.07) is 15.0. The van der Waals surface area contributed by atoms with Crippen LogP contribution in [0.3, 0.4) is 0 Å². The average molecular weight is 592 g/mol. The highest BCUT2D eigenvalue weighted by Crippen LogP contribution is 2.25. The minimum absolute atomic E-state index is 0.0473. The number of allylic oxidation sites excluding steroid dienone is 1. The molecule has 10 nitrogen and oxygen atoms in total. The van der Waals surface area contributed by atoms with Crippen LogP contribution < -0.4 is 10.6 Å². The molecule has 0 fully saturated rings. The Kier molecular flexibility index (Phi) is 13.0. The topological polar surface area (TPSA) is 134 Å². The number of amides is 3. The number of hydrogen-bond donors (Lipinski definition) is 3. The van der Waals surface area contributed by atoms with Crippen LogP contribution in [-0.2, 0) is 43.4 Å². The first-order chi connectivity index (χ1) is 20.7. The van der Waals surface area contributed by atoms with Gasteiger partial charge in [0.2, 0.25) is 11.8 Å². The van der Waals surface area contributed by atoms with Gasteiger partial charge in [-0.15, -0.1) is 13.2 Å². The summed E-state index contributed by atoms with van der Waals surface area (Å²) in [5.74, 6) is -1.99. The smallest absolute Gasteiger partial charge is 0.408 e. The van der Waals surface area contributed by atoms with Crippen molar-refractivity contribution in [2.45, 2.75) is 63.9 Å². The summed E-state index contributed by atoms with van der Waals surface area (Å²) >= 11 is 0. The second-order valence-electron chi connectivity index (χ2n) is 10.6. The Bertz CT molecular complexity index is 1270. The minimum atomic E-state index is -1.01. The predicted octanol–water partition coefficient (Wildman–Crippen LogP) is 3.43. The average Bonchev–Trinajstić information content (AvgIpc) is 3.01. The fourth-order valence-electron chi connectivity index (χ4n) is 4.85. The summed E-state index contributed by atoms with van der Waals surface area (Å²) in [6.07, 6.45) is 3.18. The molecule has 10 heteroatoms. The van der Waals surface area contributed by atoms with E-state index in [1.165, 1.54) is 6.08 Å². The normalized spacial score (nSPS) is 16.0. The first-order valence-electron chi connectivity index (χ1n) is 14.4. The molecule has 2 aromatic carbocycles. The molecule has 3 rings (SSSR count). The molecule has 0 saturated heterocycles. The molecule has 0 bridgehead atoms. The molecule has 230 valence electrons. The van der Waals surface area contributed by atoms with E-state index in [-0.39, 0.29) is 56.9 Å². The molecule has 0 aliphatic carbocycles. The number of benzene rings is 2. The molecular formula is C33H41N3O7. The monoisotopic (exact) mass is 591 g/mol. The Balaban J connectivity index is 1.50. The van der Waals surface area contributed by atoms with Crippen molar-refractivity contribution in [3.8, 4) is 0 Å². The molecule has 1 heterocycles. The van der Waals surface area contributed by atoms with E-state index >= 15 is 0 Å². The predicted molar refractivity (Wildman–Crippen MR) is 161 cm³/mol. The second-order valence-corrected chi connectivity index (χ2v) is 10.6. The van der Waals surface area contributed by atoms with Gasteiger partial charge in [0.25, 0.3) is 0 Å². The molecule has 43 heavy (non-hydrogen) atoms. The van der Waals surface area contributed by atoms with Crippen molar-refractivity contribution in [1.29, 1.82) is 0 Å². The number of ether oxygens (including phenoxy) is 2. The van der Waals surface area contributed by atoms with Gasteiger partial charge in [0.05, 0.1) is 24.6 Å². The van der Waals surface area contributed by atoms with Crippen LogP contribution in [0, 0.1) is 5.92 Å². The third-order valence-corrected chi connectivity index (χ3v) is 7.19. The van der Waals surface area contributed by atoms with Gasteiger partial charge in [0, 0.05) is 13.0 Å². The molecule has 0 unspecified atom stereocenters. The highest BCUT2D eigenvalue weighted by atomic mass is 16.6. The van der Waals surface area contributed by atoms with Gasteiger partial charge in [-0.25, -0.2) is 9.59 Å². The third kappa shape index (κ3) is 10.1. The van der Waals surface area contributed by atoms with E-state index in [2.05, 4.69) is 23.8 Å². The van der Waals surface area contributed by atoms with Crippen molar-refractivity contribution in [2.24, 2.45) is 5.92 Å². The number of carbonyl (C=O) groups excluding carboxylic acids is 4. The number of esters is 1. The van der Waals surface area contributed by atoms with Crippen LogP contribution in [0.15, 0.2) is 79.9 Å². The van der Waals surface area contributed by atoms with Crippen molar-refractivity contribution >= 4 is 23.9 Å². The lowest BCUT2D eigenvalue weighted by Crippen LogP contribution is -2.48. The molecule has 3 N–H and O–H groups in total. The molecular weight excluding hydrogens is 550 g/mol. The van der Waals surface area contributed by atoms with Crippen LogP contribution in [-0.4, -0.2) is 65.2 Å². The van der Waals surface area contributed by atoms with Crippen molar-refractivity contribution in [1.82, 2.24) is 15.5 Å². The SMILES string of the molecule is C=CC[C@H](CC(=O)N1Cc2ccccc2C[C@H]1CO)C(=O)N[C@@H](C)COC(=O)[C@@H](CC=C)NC(=O)OCc1ccccc1. The van der Waals surface area contributed by atoms with Crippen LogP contribution in [0.4, 0.5) is 4.79 Å². The van der Waals surface area contributed by atoms with Crippen molar-refractivity contribution in [2.75, 3.05) is 13.2 Å². The fraction of sp³-hybridized carbons (Fsp3) is 0.394. The minimum Gasteiger partial charge on any atom is -0.462 e. The van der Waals surface area contributed by atoms with E-state index in [0.29, 0.717) is 13.0 Å². The van der Waals surface area contributed by atoms with E-state index in [9.17, 15) is 24.3 Å².